The zero-order valence-corrected chi connectivity index (χ0v) is 50.0. The topological polar surface area (TPSA) is 12.4 Å². The average molecular weight is 991 g/mol. The van der Waals surface area contributed by atoms with Gasteiger partial charge in [-0.2, -0.15) is 0 Å². The van der Waals surface area contributed by atoms with Crippen molar-refractivity contribution in [3.8, 4) is 11.1 Å². The minimum atomic E-state index is 0.104. The van der Waals surface area contributed by atoms with Crippen LogP contribution in [-0.2, 0) is 18.3 Å². The molecule has 0 saturated heterocycles. The summed E-state index contributed by atoms with van der Waals surface area (Å²) in [6.45, 7) is 46.6. The van der Waals surface area contributed by atoms with Gasteiger partial charge in [-0.05, 0) is 168 Å². The summed E-state index contributed by atoms with van der Waals surface area (Å²) in [5.41, 5.74) is 24.2. The van der Waals surface area contributed by atoms with Gasteiger partial charge in [-0.3, -0.25) is 4.99 Å². The predicted molar refractivity (Wildman–Crippen MR) is 331 cm³/mol. The Morgan fingerprint density at radius 1 is 0.689 bits per heavy atom. The first-order valence-corrected chi connectivity index (χ1v) is 28.9. The molecule has 4 aromatic rings. The molecule has 0 saturated carbocycles. The number of hydrogen-bond donors (Lipinski definition) is 0. The highest BCUT2D eigenvalue weighted by Crippen LogP contribution is 2.43. The van der Waals surface area contributed by atoms with Gasteiger partial charge in [0.2, 0.25) is 0 Å². The van der Waals surface area contributed by atoms with Crippen LogP contribution in [0, 0.1) is 30.1 Å². The molecule has 0 fully saturated rings. The molecule has 5 rings (SSSR count). The lowest BCUT2D eigenvalue weighted by molar-refractivity contribution is 0.325. The maximum Gasteiger partial charge on any atom is 0.0778 e. The van der Waals surface area contributed by atoms with Gasteiger partial charge in [0.15, 0.2) is 0 Å². The van der Waals surface area contributed by atoms with Crippen LogP contribution < -0.4 is 0 Å². The van der Waals surface area contributed by atoms with E-state index in [9.17, 15) is 0 Å². The SMILES string of the molecule is C=C(C(=NC1=C(C)C(/C(C)=C/C=C(\C)C(C)(C)C)=CCC1/C(=C/C=C(\C)c1ccc(-c2ccc(C(C)(C)C)cc2C)c(C(C)C(C)CC(CC)CCCC)c1)CCC)c1ccc(CC)cc1)c1ccc(CC)cc1. The van der Waals surface area contributed by atoms with E-state index in [-0.39, 0.29) is 16.7 Å². The van der Waals surface area contributed by atoms with Gasteiger partial charge >= 0.3 is 0 Å². The molecule has 1 heteroatoms. The van der Waals surface area contributed by atoms with Crippen LogP contribution in [-0.4, -0.2) is 5.71 Å². The highest BCUT2D eigenvalue weighted by atomic mass is 14.8. The van der Waals surface area contributed by atoms with Gasteiger partial charge in [-0.15, -0.1) is 0 Å². The minimum Gasteiger partial charge on any atom is -0.251 e. The van der Waals surface area contributed by atoms with Crippen LogP contribution in [0.3, 0.4) is 0 Å². The number of benzene rings is 4. The number of rotatable bonds is 22. The Morgan fingerprint density at radius 3 is 1.84 bits per heavy atom. The first kappa shape index (κ1) is 59.6. The van der Waals surface area contributed by atoms with E-state index < -0.39 is 0 Å². The fraction of sp³-hybridized carbons (Fsp3) is 0.466. The van der Waals surface area contributed by atoms with E-state index in [4.69, 9.17) is 11.6 Å². The molecular formula is C73H99N. The molecule has 0 heterocycles. The van der Waals surface area contributed by atoms with Crippen LogP contribution in [0.2, 0.25) is 0 Å². The summed E-state index contributed by atoms with van der Waals surface area (Å²) in [5, 5.41) is 0. The zero-order valence-electron chi connectivity index (χ0n) is 50.0. The summed E-state index contributed by atoms with van der Waals surface area (Å²) in [6, 6.07) is 32.5. The van der Waals surface area contributed by atoms with Crippen molar-refractivity contribution in [3.63, 3.8) is 0 Å². The molecule has 0 spiro atoms. The normalized spacial score (nSPS) is 16.9. The van der Waals surface area contributed by atoms with Crippen LogP contribution in [0.1, 0.15) is 219 Å². The van der Waals surface area contributed by atoms with Gasteiger partial charge in [-0.25, -0.2) is 0 Å². The number of nitrogens with zero attached hydrogens (tertiary/aromatic N) is 1. The smallest absolute Gasteiger partial charge is 0.0778 e. The summed E-state index contributed by atoms with van der Waals surface area (Å²) < 4.78 is 0. The lowest BCUT2D eigenvalue weighted by Crippen LogP contribution is -2.16. The number of hydrogen-bond acceptors (Lipinski definition) is 1. The van der Waals surface area contributed by atoms with Crippen LogP contribution >= 0.6 is 0 Å². The van der Waals surface area contributed by atoms with E-state index in [2.05, 4.69) is 240 Å². The molecule has 0 N–H and O–H groups in total. The Morgan fingerprint density at radius 2 is 1.28 bits per heavy atom. The van der Waals surface area contributed by atoms with Gasteiger partial charge in [0.05, 0.1) is 11.4 Å². The van der Waals surface area contributed by atoms with Crippen LogP contribution in [0.5, 0.6) is 0 Å². The highest BCUT2D eigenvalue weighted by Gasteiger charge is 2.28. The van der Waals surface area contributed by atoms with Crippen molar-refractivity contribution >= 4 is 16.9 Å². The summed E-state index contributed by atoms with van der Waals surface area (Å²) in [4.78, 5) is 5.90. The molecule has 74 heavy (non-hydrogen) atoms. The van der Waals surface area contributed by atoms with Crippen molar-refractivity contribution in [2.75, 3.05) is 0 Å². The molecule has 1 aliphatic rings. The second-order valence-electron chi connectivity index (χ2n) is 24.2. The summed E-state index contributed by atoms with van der Waals surface area (Å²) in [5.74, 6) is 1.86. The Balaban J connectivity index is 1.70. The van der Waals surface area contributed by atoms with Crippen LogP contribution in [0.4, 0.5) is 0 Å². The van der Waals surface area contributed by atoms with E-state index in [0.717, 1.165) is 66.1 Å². The average Bonchev–Trinajstić information content (AvgIpc) is 3.38. The molecule has 4 unspecified atom stereocenters. The van der Waals surface area contributed by atoms with Crippen LogP contribution in [0.25, 0.3) is 22.3 Å². The maximum atomic E-state index is 5.90. The number of aliphatic imine (C=N–C) groups is 1. The van der Waals surface area contributed by atoms with E-state index in [1.54, 1.807) is 0 Å². The molecule has 0 bridgehead atoms. The van der Waals surface area contributed by atoms with Gasteiger partial charge in [0, 0.05) is 17.1 Å². The van der Waals surface area contributed by atoms with E-state index in [1.165, 1.54) is 110 Å². The maximum absolute atomic E-state index is 5.90. The minimum absolute atomic E-state index is 0.104. The third-order valence-corrected chi connectivity index (χ3v) is 16.7. The summed E-state index contributed by atoms with van der Waals surface area (Å²) in [6.07, 6.45) is 23.4. The third kappa shape index (κ3) is 15.4. The van der Waals surface area contributed by atoms with Gasteiger partial charge in [-0.1, -0.05) is 255 Å². The second kappa shape index (κ2) is 27.0. The number of allylic oxidation sites excluding steroid dienone is 12. The number of aryl methyl sites for hydroxylation is 3. The molecular weight excluding hydrogens is 891 g/mol. The summed E-state index contributed by atoms with van der Waals surface area (Å²) >= 11 is 0. The molecule has 0 aliphatic heterocycles. The Kier molecular flexibility index (Phi) is 21.7. The van der Waals surface area contributed by atoms with Crippen molar-refractivity contribution in [1.82, 2.24) is 0 Å². The van der Waals surface area contributed by atoms with Gasteiger partial charge < -0.3 is 0 Å². The molecule has 1 nitrogen and oxygen atoms in total. The lowest BCUT2D eigenvalue weighted by Gasteiger charge is -2.29. The molecule has 0 radical (unpaired) electrons. The second-order valence-corrected chi connectivity index (χ2v) is 24.2. The monoisotopic (exact) mass is 990 g/mol. The zero-order chi connectivity index (χ0) is 54.5. The molecule has 1 aliphatic carbocycles. The molecule has 396 valence electrons. The predicted octanol–water partition coefficient (Wildman–Crippen LogP) is 21.9. The lowest BCUT2D eigenvalue weighted by atomic mass is 9.77. The molecule has 0 amide bonds. The van der Waals surface area contributed by atoms with E-state index in [1.807, 2.05) is 0 Å². The van der Waals surface area contributed by atoms with Crippen molar-refractivity contribution < 1.29 is 0 Å². The summed E-state index contributed by atoms with van der Waals surface area (Å²) in [7, 11) is 0. The fourth-order valence-corrected chi connectivity index (χ4v) is 10.7. The molecule has 4 aromatic carbocycles. The van der Waals surface area contributed by atoms with Crippen molar-refractivity contribution in [3.05, 3.63) is 200 Å². The molecule has 0 aromatic heterocycles. The van der Waals surface area contributed by atoms with Gasteiger partial charge in [0.1, 0.15) is 0 Å². The highest BCUT2D eigenvalue weighted by molar-refractivity contribution is 6.31. The first-order valence-electron chi connectivity index (χ1n) is 28.9. The Hall–Kier alpha value is -5.27. The van der Waals surface area contributed by atoms with Crippen molar-refractivity contribution in [2.24, 2.45) is 28.2 Å². The van der Waals surface area contributed by atoms with Gasteiger partial charge in [0.25, 0.3) is 0 Å². The van der Waals surface area contributed by atoms with Crippen LogP contribution in [0.15, 0.2) is 160 Å². The molecule has 4 atom stereocenters. The Labute approximate surface area is 454 Å². The number of unbranched alkanes of at least 4 members (excludes halogenated alkanes) is 1. The standard InChI is InChI=1S/C73H99N/c1-20-25-27-59(24-5)46-51(8)54(11)69-48-63(40-42-68(69)66-43-41-64(47-52(66)9)73(17,18)19)49(6)29-35-61(26-21-2)67-45-44-65(50(7)28-30-53(10)72(14,15)16)56(13)71(67)74-70(62-38-33-58(23-4)34-39-62)55(12)60-36-31-57(22-3)32-37-60/h28-44,47-48,51,54,59,67H,12,20-27,45-46H2,1-11,13-19H3/b49-29+,50-28+,53-30+,61-35+,74-70?. The largest absolute Gasteiger partial charge is 0.251 e. The fourth-order valence-electron chi connectivity index (χ4n) is 10.7. The van der Waals surface area contributed by atoms with E-state index >= 15 is 0 Å². The third-order valence-electron chi connectivity index (χ3n) is 16.7. The van der Waals surface area contributed by atoms with E-state index in [0.29, 0.717) is 11.8 Å². The first-order chi connectivity index (χ1) is 35.1. The van der Waals surface area contributed by atoms with Crippen molar-refractivity contribution in [1.29, 1.82) is 0 Å². The van der Waals surface area contributed by atoms with Crippen molar-refractivity contribution in [2.45, 2.75) is 200 Å². The quantitative estimate of drug-likeness (QED) is 0.0550. The Bertz CT molecular complexity index is 2750.